The van der Waals surface area contributed by atoms with Crippen LogP contribution < -0.4 is 11.1 Å². The second kappa shape index (κ2) is 4.30. The summed E-state index contributed by atoms with van der Waals surface area (Å²) in [5, 5.41) is 2.70. The first-order valence-corrected chi connectivity index (χ1v) is 4.88. The topological polar surface area (TPSA) is 75.4 Å². The summed E-state index contributed by atoms with van der Waals surface area (Å²) in [5.74, 6) is -0.381. The van der Waals surface area contributed by atoms with Crippen LogP contribution in [0.3, 0.4) is 0 Å². The van der Waals surface area contributed by atoms with Gasteiger partial charge in [-0.2, -0.15) is 0 Å². The second-order valence-electron chi connectivity index (χ2n) is 3.87. The molecule has 5 heteroatoms. The van der Waals surface area contributed by atoms with Crippen LogP contribution in [0.5, 0.6) is 0 Å². The van der Waals surface area contributed by atoms with Crippen molar-refractivity contribution < 1.29 is 9.59 Å². The molecule has 1 saturated heterocycles. The number of nitrogens with zero attached hydrogens (tertiary/aromatic N) is 1. The second-order valence-corrected chi connectivity index (χ2v) is 3.87. The van der Waals surface area contributed by atoms with Gasteiger partial charge in [-0.1, -0.05) is 13.8 Å². The van der Waals surface area contributed by atoms with Crippen LogP contribution in [0.1, 0.15) is 20.3 Å². The fourth-order valence-electron chi connectivity index (χ4n) is 1.76. The smallest absolute Gasteiger partial charge is 0.318 e. The van der Waals surface area contributed by atoms with Gasteiger partial charge in [0.2, 0.25) is 5.91 Å². The van der Waals surface area contributed by atoms with E-state index in [9.17, 15) is 9.59 Å². The van der Waals surface area contributed by atoms with Gasteiger partial charge in [-0.05, 0) is 12.3 Å². The van der Waals surface area contributed by atoms with Crippen molar-refractivity contribution in [1.29, 1.82) is 0 Å². The summed E-state index contributed by atoms with van der Waals surface area (Å²) in [6.07, 6.45) is 0.863. The number of primary amides is 1. The zero-order valence-corrected chi connectivity index (χ0v) is 8.62. The molecular weight excluding hydrogens is 182 g/mol. The first-order chi connectivity index (χ1) is 6.54. The Morgan fingerprint density at radius 3 is 2.64 bits per heavy atom. The number of hydrogen-bond acceptors (Lipinski definition) is 2. The zero-order chi connectivity index (χ0) is 10.7. The van der Waals surface area contributed by atoms with Crippen molar-refractivity contribution in [1.82, 2.24) is 10.2 Å². The molecule has 0 spiro atoms. The molecule has 1 aliphatic rings. The molecule has 1 atom stereocenters. The van der Waals surface area contributed by atoms with E-state index in [2.05, 4.69) is 5.32 Å². The number of rotatable bonds is 3. The van der Waals surface area contributed by atoms with Gasteiger partial charge < -0.3 is 16.0 Å². The molecule has 0 aliphatic carbocycles. The van der Waals surface area contributed by atoms with Crippen molar-refractivity contribution in [2.75, 3.05) is 13.1 Å². The standard InChI is InChI=1S/C9H17N3O2/c1-6(2)7(8(10)13)12-5-3-4-11-9(12)14/h6-7H,3-5H2,1-2H3,(H2,10,13)(H,11,14). The van der Waals surface area contributed by atoms with Gasteiger partial charge in [-0.15, -0.1) is 0 Å². The van der Waals surface area contributed by atoms with Gasteiger partial charge in [-0.25, -0.2) is 4.79 Å². The maximum absolute atomic E-state index is 11.5. The van der Waals surface area contributed by atoms with E-state index in [4.69, 9.17) is 5.73 Å². The van der Waals surface area contributed by atoms with Crippen molar-refractivity contribution >= 4 is 11.9 Å². The van der Waals surface area contributed by atoms with Crippen molar-refractivity contribution in [3.8, 4) is 0 Å². The van der Waals surface area contributed by atoms with Crippen molar-refractivity contribution in [3.63, 3.8) is 0 Å². The third kappa shape index (κ3) is 2.16. The Morgan fingerprint density at radius 2 is 2.21 bits per heavy atom. The molecule has 0 saturated carbocycles. The van der Waals surface area contributed by atoms with Crippen molar-refractivity contribution in [2.45, 2.75) is 26.3 Å². The van der Waals surface area contributed by atoms with E-state index in [-0.39, 0.29) is 11.9 Å². The lowest BCUT2D eigenvalue weighted by molar-refractivity contribution is -0.123. The number of nitrogens with one attached hydrogen (secondary N) is 1. The SMILES string of the molecule is CC(C)C(C(N)=O)N1CCCNC1=O. The zero-order valence-electron chi connectivity index (χ0n) is 8.62. The van der Waals surface area contributed by atoms with E-state index < -0.39 is 11.9 Å². The van der Waals surface area contributed by atoms with Crippen LogP contribution in [0.2, 0.25) is 0 Å². The van der Waals surface area contributed by atoms with Gasteiger partial charge in [-0.3, -0.25) is 4.79 Å². The Bertz CT molecular complexity index is 240. The normalized spacial score (nSPS) is 19.4. The minimum atomic E-state index is -0.490. The fraction of sp³-hybridized carbons (Fsp3) is 0.778. The Balaban J connectivity index is 2.75. The lowest BCUT2D eigenvalue weighted by atomic mass is 10.0. The first-order valence-electron chi connectivity index (χ1n) is 4.88. The third-order valence-corrected chi connectivity index (χ3v) is 2.37. The minimum absolute atomic E-state index is 0.0522. The van der Waals surface area contributed by atoms with Crippen molar-refractivity contribution in [3.05, 3.63) is 0 Å². The average Bonchev–Trinajstić information content (AvgIpc) is 2.07. The fourth-order valence-corrected chi connectivity index (χ4v) is 1.76. The summed E-state index contributed by atoms with van der Waals surface area (Å²) in [4.78, 5) is 24.2. The van der Waals surface area contributed by atoms with E-state index in [0.717, 1.165) is 6.42 Å². The molecular formula is C9H17N3O2. The maximum Gasteiger partial charge on any atom is 0.318 e. The number of hydrogen-bond donors (Lipinski definition) is 2. The van der Waals surface area contributed by atoms with Crippen LogP contribution in [-0.2, 0) is 4.79 Å². The van der Waals surface area contributed by atoms with Crippen LogP contribution in [0.15, 0.2) is 0 Å². The molecule has 1 fully saturated rings. The Hall–Kier alpha value is -1.26. The number of urea groups is 1. The van der Waals surface area contributed by atoms with E-state index in [1.807, 2.05) is 13.8 Å². The molecule has 14 heavy (non-hydrogen) atoms. The van der Waals surface area contributed by atoms with Crippen LogP contribution in [0.4, 0.5) is 4.79 Å². The maximum atomic E-state index is 11.5. The average molecular weight is 199 g/mol. The van der Waals surface area contributed by atoms with Gasteiger partial charge in [0, 0.05) is 13.1 Å². The molecule has 0 aromatic rings. The summed E-state index contributed by atoms with van der Waals surface area (Å²) in [7, 11) is 0. The van der Waals surface area contributed by atoms with Crippen LogP contribution in [0.25, 0.3) is 0 Å². The van der Waals surface area contributed by atoms with Gasteiger partial charge in [0.1, 0.15) is 6.04 Å². The highest BCUT2D eigenvalue weighted by Crippen LogP contribution is 2.13. The van der Waals surface area contributed by atoms with Crippen LogP contribution >= 0.6 is 0 Å². The first kappa shape index (κ1) is 10.8. The molecule has 0 aromatic heterocycles. The Labute approximate surface area is 83.6 Å². The number of carbonyl (C=O) groups is 2. The Morgan fingerprint density at radius 1 is 1.57 bits per heavy atom. The molecule has 3 N–H and O–H groups in total. The molecule has 1 rings (SSSR count). The summed E-state index contributed by atoms with van der Waals surface area (Å²) in [5.41, 5.74) is 5.27. The Kier molecular flexibility index (Phi) is 3.33. The molecule has 5 nitrogen and oxygen atoms in total. The molecule has 80 valence electrons. The monoisotopic (exact) mass is 199 g/mol. The van der Waals surface area contributed by atoms with E-state index in [1.54, 1.807) is 0 Å². The summed E-state index contributed by atoms with van der Waals surface area (Å²) in [6.45, 7) is 5.06. The highest BCUT2D eigenvalue weighted by atomic mass is 16.2. The largest absolute Gasteiger partial charge is 0.368 e. The quantitative estimate of drug-likeness (QED) is 0.666. The molecule has 0 radical (unpaired) electrons. The van der Waals surface area contributed by atoms with Crippen molar-refractivity contribution in [2.24, 2.45) is 11.7 Å². The number of carbonyl (C=O) groups excluding carboxylic acids is 2. The number of nitrogens with two attached hydrogens (primary N) is 1. The lowest BCUT2D eigenvalue weighted by Gasteiger charge is -2.35. The highest BCUT2D eigenvalue weighted by Gasteiger charge is 2.31. The van der Waals surface area contributed by atoms with Crippen LogP contribution in [-0.4, -0.2) is 36.0 Å². The molecule has 0 aromatic carbocycles. The van der Waals surface area contributed by atoms with Gasteiger partial charge in [0.25, 0.3) is 0 Å². The molecule has 1 unspecified atom stereocenters. The predicted molar refractivity (Wildman–Crippen MR) is 52.5 cm³/mol. The number of amides is 3. The molecule has 1 aliphatic heterocycles. The predicted octanol–water partition coefficient (Wildman–Crippen LogP) is -0.0884. The summed E-state index contributed by atoms with van der Waals surface area (Å²) in [6, 6.07) is -0.677. The van der Waals surface area contributed by atoms with Gasteiger partial charge >= 0.3 is 6.03 Å². The van der Waals surface area contributed by atoms with Gasteiger partial charge in [0.15, 0.2) is 0 Å². The van der Waals surface area contributed by atoms with Gasteiger partial charge in [0.05, 0.1) is 0 Å². The summed E-state index contributed by atoms with van der Waals surface area (Å²) >= 11 is 0. The molecule has 3 amide bonds. The highest BCUT2D eigenvalue weighted by molar-refractivity contribution is 5.86. The molecule has 0 bridgehead atoms. The molecule has 1 heterocycles. The lowest BCUT2D eigenvalue weighted by Crippen LogP contribution is -2.57. The van der Waals surface area contributed by atoms with E-state index in [1.165, 1.54) is 4.90 Å². The minimum Gasteiger partial charge on any atom is -0.368 e. The van der Waals surface area contributed by atoms with E-state index in [0.29, 0.717) is 13.1 Å². The van der Waals surface area contributed by atoms with Crippen LogP contribution in [0, 0.1) is 5.92 Å². The van der Waals surface area contributed by atoms with E-state index >= 15 is 0 Å². The summed E-state index contributed by atoms with van der Waals surface area (Å²) < 4.78 is 0. The third-order valence-electron chi connectivity index (χ3n) is 2.37.